The molecule has 1 heterocycles. The highest BCUT2D eigenvalue weighted by Gasteiger charge is 2.40. The van der Waals surface area contributed by atoms with Crippen molar-refractivity contribution in [2.75, 3.05) is 25.6 Å². The van der Waals surface area contributed by atoms with Crippen molar-refractivity contribution < 1.29 is 28.7 Å². The van der Waals surface area contributed by atoms with E-state index in [0.29, 0.717) is 17.9 Å². The van der Waals surface area contributed by atoms with Crippen molar-refractivity contribution in [2.24, 2.45) is 0 Å². The van der Waals surface area contributed by atoms with Crippen LogP contribution in [0.1, 0.15) is 38.0 Å². The highest BCUT2D eigenvalue weighted by Crippen LogP contribution is 2.25. The Labute approximate surface area is 167 Å². The third-order valence-electron chi connectivity index (χ3n) is 4.50. The first kappa shape index (κ1) is 20.2. The minimum absolute atomic E-state index is 0.144. The zero-order chi connectivity index (χ0) is 21.0. The van der Waals surface area contributed by atoms with Gasteiger partial charge in [-0.15, -0.1) is 0 Å². The maximum absolute atomic E-state index is 12.6. The highest BCUT2D eigenvalue weighted by atomic mass is 16.6. The van der Waals surface area contributed by atoms with Gasteiger partial charge in [0.1, 0.15) is 12.6 Å². The number of anilines is 1. The number of benzene rings is 2. The van der Waals surface area contributed by atoms with Crippen LogP contribution in [0.3, 0.4) is 0 Å². The van der Waals surface area contributed by atoms with Gasteiger partial charge < -0.3 is 14.8 Å². The fraction of sp³-hybridized carbons (Fsp3) is 0.238. The molecule has 2 aromatic rings. The second kappa shape index (κ2) is 8.66. The zero-order valence-electron chi connectivity index (χ0n) is 16.0. The molecule has 1 atom stereocenters. The van der Waals surface area contributed by atoms with Crippen molar-refractivity contribution >= 4 is 29.4 Å². The first-order valence-corrected chi connectivity index (χ1v) is 8.98. The average molecular weight is 396 g/mol. The number of esters is 1. The van der Waals surface area contributed by atoms with Crippen LogP contribution < -0.4 is 5.32 Å². The van der Waals surface area contributed by atoms with Gasteiger partial charge in [0, 0.05) is 12.8 Å². The number of carbonyl (C=O) groups excluding carboxylic acids is 4. The first-order valence-electron chi connectivity index (χ1n) is 8.98. The van der Waals surface area contributed by atoms with Crippen molar-refractivity contribution in [2.45, 2.75) is 13.0 Å². The molecule has 8 nitrogen and oxygen atoms in total. The highest BCUT2D eigenvalue weighted by molar-refractivity contribution is 6.23. The molecule has 29 heavy (non-hydrogen) atoms. The number of methoxy groups -OCH3 is 1. The Bertz CT molecular complexity index is 919. The second-order valence-electron chi connectivity index (χ2n) is 6.40. The van der Waals surface area contributed by atoms with Gasteiger partial charge >= 0.3 is 5.97 Å². The molecule has 0 aliphatic carbocycles. The van der Waals surface area contributed by atoms with E-state index in [-0.39, 0.29) is 17.7 Å². The number of hydrogen-bond donors (Lipinski definition) is 1. The molecule has 1 aliphatic rings. The molecule has 0 spiro atoms. The van der Waals surface area contributed by atoms with Gasteiger partial charge in [-0.3, -0.25) is 19.3 Å². The first-order chi connectivity index (χ1) is 13.9. The van der Waals surface area contributed by atoms with E-state index in [2.05, 4.69) is 5.32 Å². The minimum atomic E-state index is -0.999. The monoisotopic (exact) mass is 396 g/mol. The number of carbonyl (C=O) groups is 4. The molecule has 8 heteroatoms. The molecular formula is C21H20N2O6. The molecule has 0 unspecified atom stereocenters. The van der Waals surface area contributed by atoms with Gasteiger partial charge in [0.2, 0.25) is 5.91 Å². The summed E-state index contributed by atoms with van der Waals surface area (Å²) in [5.41, 5.74) is 1.32. The minimum Gasteiger partial charge on any atom is -0.460 e. The number of nitrogens with one attached hydrogen (secondary N) is 1. The van der Waals surface area contributed by atoms with Crippen LogP contribution in [0.25, 0.3) is 0 Å². The van der Waals surface area contributed by atoms with Gasteiger partial charge in [-0.1, -0.05) is 12.1 Å². The van der Waals surface area contributed by atoms with Crippen LogP contribution in [0.4, 0.5) is 5.69 Å². The Morgan fingerprint density at radius 2 is 1.55 bits per heavy atom. The van der Waals surface area contributed by atoms with E-state index in [1.165, 1.54) is 26.2 Å². The van der Waals surface area contributed by atoms with Gasteiger partial charge in [0.05, 0.1) is 23.3 Å². The third-order valence-corrected chi connectivity index (χ3v) is 4.50. The van der Waals surface area contributed by atoms with Crippen molar-refractivity contribution in [3.05, 3.63) is 65.2 Å². The van der Waals surface area contributed by atoms with Gasteiger partial charge in [-0.25, -0.2) is 4.79 Å². The van der Waals surface area contributed by atoms with Crippen molar-refractivity contribution in [1.29, 1.82) is 0 Å². The molecule has 150 valence electrons. The molecular weight excluding hydrogens is 376 g/mol. The lowest BCUT2D eigenvalue weighted by Gasteiger charge is -2.21. The lowest BCUT2D eigenvalue weighted by atomic mass is 10.1. The molecule has 1 aliphatic heterocycles. The van der Waals surface area contributed by atoms with Crippen LogP contribution in [0, 0.1) is 0 Å². The summed E-state index contributed by atoms with van der Waals surface area (Å²) in [5.74, 6) is -2.01. The van der Waals surface area contributed by atoms with E-state index >= 15 is 0 Å². The van der Waals surface area contributed by atoms with Crippen molar-refractivity contribution in [3.8, 4) is 0 Å². The summed E-state index contributed by atoms with van der Waals surface area (Å²) in [5, 5.41) is 2.65. The van der Waals surface area contributed by atoms with Crippen LogP contribution in [-0.2, 0) is 14.3 Å². The zero-order valence-corrected chi connectivity index (χ0v) is 16.0. The fourth-order valence-corrected chi connectivity index (χ4v) is 2.91. The Balaban J connectivity index is 1.64. The molecule has 0 fully saturated rings. The Kier molecular flexibility index (Phi) is 6.04. The van der Waals surface area contributed by atoms with Gasteiger partial charge in [-0.05, 0) is 43.3 Å². The molecule has 0 saturated carbocycles. The van der Waals surface area contributed by atoms with Crippen LogP contribution in [-0.4, -0.2) is 55.0 Å². The normalized spacial score (nSPS) is 13.8. The van der Waals surface area contributed by atoms with Crippen molar-refractivity contribution in [1.82, 2.24) is 4.90 Å². The molecule has 0 bridgehead atoms. The largest absolute Gasteiger partial charge is 0.460 e. The Hall–Kier alpha value is -3.52. The van der Waals surface area contributed by atoms with E-state index in [1.54, 1.807) is 36.4 Å². The van der Waals surface area contributed by atoms with E-state index in [4.69, 9.17) is 9.47 Å². The summed E-state index contributed by atoms with van der Waals surface area (Å²) in [6, 6.07) is 11.6. The molecule has 3 amide bonds. The molecule has 3 rings (SSSR count). The summed E-state index contributed by atoms with van der Waals surface area (Å²) in [6.07, 6.45) is 0. The molecule has 0 aromatic heterocycles. The Morgan fingerprint density at radius 1 is 0.966 bits per heavy atom. The average Bonchev–Trinajstić information content (AvgIpc) is 2.98. The van der Waals surface area contributed by atoms with E-state index < -0.39 is 29.7 Å². The van der Waals surface area contributed by atoms with Crippen LogP contribution in [0.15, 0.2) is 48.5 Å². The van der Waals surface area contributed by atoms with E-state index in [1.807, 2.05) is 0 Å². The standard InChI is InChI=1S/C21H20N2O6/c1-13(23-19(25)16-5-3-4-6-17(16)20(23)26)18(24)22-15-9-7-14(8-10-15)21(27)29-12-11-28-2/h3-10,13H,11-12H2,1-2H3,(H,22,24)/t13-/m1/s1. The number of hydrogen-bond acceptors (Lipinski definition) is 6. The lowest BCUT2D eigenvalue weighted by Crippen LogP contribution is -2.45. The van der Waals surface area contributed by atoms with Gasteiger partial charge in [0.15, 0.2) is 0 Å². The maximum atomic E-state index is 12.6. The van der Waals surface area contributed by atoms with Crippen LogP contribution in [0.5, 0.6) is 0 Å². The maximum Gasteiger partial charge on any atom is 0.338 e. The molecule has 1 N–H and O–H groups in total. The predicted octanol–water partition coefficient (Wildman–Crippen LogP) is 2.11. The van der Waals surface area contributed by atoms with Crippen LogP contribution in [0.2, 0.25) is 0 Å². The fourth-order valence-electron chi connectivity index (χ4n) is 2.91. The Morgan fingerprint density at radius 3 is 2.10 bits per heavy atom. The number of ether oxygens (including phenoxy) is 2. The lowest BCUT2D eigenvalue weighted by molar-refractivity contribution is -0.119. The molecule has 2 aromatic carbocycles. The smallest absolute Gasteiger partial charge is 0.338 e. The summed E-state index contributed by atoms with van der Waals surface area (Å²) >= 11 is 0. The SMILES string of the molecule is COCCOC(=O)c1ccc(NC(=O)[C@@H](C)N2C(=O)c3ccccc3C2=O)cc1. The summed E-state index contributed by atoms with van der Waals surface area (Å²) in [6.45, 7) is 1.93. The topological polar surface area (TPSA) is 102 Å². The quantitative estimate of drug-likeness (QED) is 0.437. The number of nitrogens with zero attached hydrogens (tertiary/aromatic N) is 1. The van der Waals surface area contributed by atoms with Crippen molar-refractivity contribution in [3.63, 3.8) is 0 Å². The summed E-state index contributed by atoms with van der Waals surface area (Å²) in [4.78, 5) is 50.4. The number of amides is 3. The van der Waals surface area contributed by atoms with Crippen LogP contribution >= 0.6 is 0 Å². The second-order valence-corrected chi connectivity index (χ2v) is 6.40. The predicted molar refractivity (Wildman–Crippen MR) is 104 cm³/mol. The van der Waals surface area contributed by atoms with Gasteiger partial charge in [-0.2, -0.15) is 0 Å². The molecule has 0 saturated heterocycles. The summed E-state index contributed by atoms with van der Waals surface area (Å²) in [7, 11) is 1.51. The number of imide groups is 1. The molecule has 0 radical (unpaired) electrons. The number of rotatable bonds is 7. The number of fused-ring (bicyclic) bond motifs is 1. The summed E-state index contributed by atoms with van der Waals surface area (Å²) < 4.78 is 9.83. The third kappa shape index (κ3) is 4.17. The van der Waals surface area contributed by atoms with E-state index in [9.17, 15) is 19.2 Å². The van der Waals surface area contributed by atoms with E-state index in [0.717, 1.165) is 4.90 Å². The van der Waals surface area contributed by atoms with Gasteiger partial charge in [0.25, 0.3) is 11.8 Å².